The molecule has 1 aromatic heterocycles. The molecule has 25 heavy (non-hydrogen) atoms. The van der Waals surface area contributed by atoms with Crippen molar-refractivity contribution in [1.82, 2.24) is 14.8 Å². The second-order valence-corrected chi connectivity index (χ2v) is 7.01. The number of carbonyl (C=O) groups is 2. The van der Waals surface area contributed by atoms with Crippen molar-refractivity contribution in [2.45, 2.75) is 13.3 Å². The first-order valence-corrected chi connectivity index (χ1v) is 9.01. The maximum absolute atomic E-state index is 12.6. The van der Waals surface area contributed by atoms with Gasteiger partial charge in [0.05, 0.1) is 24.8 Å². The molecule has 2 amide bonds. The summed E-state index contributed by atoms with van der Waals surface area (Å²) in [7, 11) is 1.64. The number of carbonyl (C=O) groups excluding carboxylic acids is 2. The summed E-state index contributed by atoms with van der Waals surface area (Å²) < 4.78 is 5.40. The van der Waals surface area contributed by atoms with E-state index in [0.29, 0.717) is 32.6 Å². The van der Waals surface area contributed by atoms with Crippen molar-refractivity contribution in [3.8, 4) is 16.3 Å². The number of piperazine rings is 1. The topological polar surface area (TPSA) is 62.7 Å². The van der Waals surface area contributed by atoms with Crippen molar-refractivity contribution >= 4 is 23.7 Å². The van der Waals surface area contributed by atoms with Crippen molar-refractivity contribution in [3.63, 3.8) is 0 Å². The maximum atomic E-state index is 12.6. The molecule has 0 saturated carbocycles. The van der Waals surface area contributed by atoms with E-state index in [1.807, 2.05) is 36.1 Å². The van der Waals surface area contributed by atoms with Gasteiger partial charge in [0, 0.05) is 31.1 Å². The minimum atomic E-state index is 0.0869. The van der Waals surface area contributed by atoms with E-state index < -0.39 is 0 Å². The highest BCUT2D eigenvalue weighted by Gasteiger charge is 2.22. The van der Waals surface area contributed by atoms with Crippen molar-refractivity contribution in [1.29, 1.82) is 0 Å². The average molecular weight is 359 g/mol. The van der Waals surface area contributed by atoms with Crippen LogP contribution in [-0.2, 0) is 16.0 Å². The second kappa shape index (κ2) is 7.65. The van der Waals surface area contributed by atoms with Crippen LogP contribution in [0.5, 0.6) is 5.75 Å². The zero-order valence-electron chi connectivity index (χ0n) is 14.4. The lowest BCUT2D eigenvalue weighted by Crippen LogP contribution is -2.48. The molecule has 1 aromatic carbocycles. The van der Waals surface area contributed by atoms with Gasteiger partial charge in [-0.25, -0.2) is 4.98 Å². The van der Waals surface area contributed by atoms with Crippen LogP contribution in [0.3, 0.4) is 0 Å². The summed E-state index contributed by atoms with van der Waals surface area (Å²) in [6, 6.07) is 7.75. The Morgan fingerprint density at radius 1 is 1.28 bits per heavy atom. The summed E-state index contributed by atoms with van der Waals surface area (Å²) in [5.41, 5.74) is 1.82. The molecule has 0 unspecified atom stereocenters. The third-order valence-corrected chi connectivity index (χ3v) is 5.55. The number of amides is 2. The smallest absolute Gasteiger partial charge is 0.228 e. The molecule has 132 valence electrons. The Balaban J connectivity index is 1.73. The lowest BCUT2D eigenvalue weighted by Gasteiger charge is -2.32. The fraction of sp³-hybridized carbons (Fsp3) is 0.389. The van der Waals surface area contributed by atoms with Gasteiger partial charge in [-0.2, -0.15) is 0 Å². The van der Waals surface area contributed by atoms with Crippen molar-refractivity contribution in [2.75, 3.05) is 33.3 Å². The van der Waals surface area contributed by atoms with Gasteiger partial charge in [-0.05, 0) is 19.1 Å². The molecule has 0 bridgehead atoms. The summed E-state index contributed by atoms with van der Waals surface area (Å²) in [5.74, 6) is 0.864. The normalized spacial score (nSPS) is 14.5. The Bertz CT molecular complexity index is 767. The fourth-order valence-corrected chi connectivity index (χ4v) is 3.94. The van der Waals surface area contributed by atoms with Crippen LogP contribution < -0.4 is 4.74 Å². The number of rotatable bonds is 5. The molecule has 1 aliphatic rings. The highest BCUT2D eigenvalue weighted by atomic mass is 32.1. The average Bonchev–Trinajstić information content (AvgIpc) is 3.02. The van der Waals surface area contributed by atoms with Crippen LogP contribution in [0.15, 0.2) is 24.3 Å². The number of methoxy groups -OCH3 is 1. The van der Waals surface area contributed by atoms with Crippen LogP contribution >= 0.6 is 11.3 Å². The molecule has 1 saturated heterocycles. The lowest BCUT2D eigenvalue weighted by molar-refractivity contribution is -0.134. The minimum absolute atomic E-state index is 0.0869. The molecule has 0 N–H and O–H groups in total. The summed E-state index contributed by atoms with van der Waals surface area (Å²) >= 11 is 1.53. The molecule has 2 heterocycles. The van der Waals surface area contributed by atoms with E-state index in [1.165, 1.54) is 11.3 Å². The van der Waals surface area contributed by atoms with Crippen molar-refractivity contribution in [3.05, 3.63) is 34.8 Å². The molecule has 1 fully saturated rings. The van der Waals surface area contributed by atoms with Crippen molar-refractivity contribution in [2.24, 2.45) is 0 Å². The Morgan fingerprint density at radius 2 is 2.00 bits per heavy atom. The molecule has 0 spiro atoms. The third kappa shape index (κ3) is 3.82. The summed E-state index contributed by atoms with van der Waals surface area (Å²) in [5, 5.41) is 0.864. The van der Waals surface area contributed by atoms with Crippen LogP contribution in [0.2, 0.25) is 0 Å². The van der Waals surface area contributed by atoms with Crippen LogP contribution in [0.25, 0.3) is 10.6 Å². The summed E-state index contributed by atoms with van der Waals surface area (Å²) in [4.78, 5) is 32.4. The van der Waals surface area contributed by atoms with Gasteiger partial charge in [0.25, 0.3) is 0 Å². The predicted octanol–water partition coefficient (Wildman–Crippen LogP) is 1.97. The van der Waals surface area contributed by atoms with E-state index in [0.717, 1.165) is 33.3 Å². The molecule has 0 atom stereocenters. The standard InChI is InChI=1S/C18H21N3O3S/c1-13-16(11-17(23)21-9-7-20(12-22)8-10-21)25-18(19-13)14-5-3-4-6-15(14)24-2/h3-6,12H,7-11H2,1-2H3. The fourth-order valence-electron chi connectivity index (χ4n) is 2.85. The van der Waals surface area contributed by atoms with Gasteiger partial charge in [0.1, 0.15) is 10.8 Å². The summed E-state index contributed by atoms with van der Waals surface area (Å²) in [6.45, 7) is 4.32. The highest BCUT2D eigenvalue weighted by Crippen LogP contribution is 2.34. The Labute approximate surface area is 151 Å². The second-order valence-electron chi connectivity index (χ2n) is 5.93. The molecule has 2 aromatic rings. The molecule has 6 nitrogen and oxygen atoms in total. The first-order chi connectivity index (χ1) is 12.1. The van der Waals surface area contributed by atoms with E-state index in [1.54, 1.807) is 12.0 Å². The maximum Gasteiger partial charge on any atom is 0.228 e. The van der Waals surface area contributed by atoms with Crippen molar-refractivity contribution < 1.29 is 14.3 Å². The highest BCUT2D eigenvalue weighted by molar-refractivity contribution is 7.15. The van der Waals surface area contributed by atoms with Gasteiger partial charge in [0.2, 0.25) is 12.3 Å². The number of hydrogen-bond donors (Lipinski definition) is 0. The lowest BCUT2D eigenvalue weighted by atomic mass is 10.2. The van der Waals surface area contributed by atoms with Crippen LogP contribution in [-0.4, -0.2) is 60.4 Å². The van der Waals surface area contributed by atoms with E-state index in [2.05, 4.69) is 4.98 Å². The van der Waals surface area contributed by atoms with Gasteiger partial charge < -0.3 is 14.5 Å². The van der Waals surface area contributed by atoms with E-state index in [9.17, 15) is 9.59 Å². The SMILES string of the molecule is COc1ccccc1-c1nc(C)c(CC(=O)N2CCN(C=O)CC2)s1. The number of aromatic nitrogens is 1. The Kier molecular flexibility index (Phi) is 5.33. The van der Waals surface area contributed by atoms with Crippen LogP contribution in [0.1, 0.15) is 10.6 Å². The molecular formula is C18H21N3O3S. The first kappa shape index (κ1) is 17.4. The molecule has 0 aliphatic carbocycles. The number of thiazole rings is 1. The Hall–Kier alpha value is -2.41. The Morgan fingerprint density at radius 3 is 2.68 bits per heavy atom. The molecule has 3 rings (SSSR count). The number of aryl methyl sites for hydroxylation is 1. The number of hydrogen-bond acceptors (Lipinski definition) is 5. The minimum Gasteiger partial charge on any atom is -0.496 e. The predicted molar refractivity (Wildman–Crippen MR) is 96.8 cm³/mol. The van der Waals surface area contributed by atoms with Gasteiger partial charge in [-0.1, -0.05) is 12.1 Å². The number of ether oxygens (including phenoxy) is 1. The number of benzene rings is 1. The number of nitrogens with zero attached hydrogens (tertiary/aromatic N) is 3. The van der Waals surface area contributed by atoms with Crippen LogP contribution in [0.4, 0.5) is 0 Å². The molecule has 7 heteroatoms. The summed E-state index contributed by atoms with van der Waals surface area (Å²) in [6.07, 6.45) is 1.19. The number of para-hydroxylation sites is 1. The molecular weight excluding hydrogens is 338 g/mol. The van der Waals surface area contributed by atoms with E-state index in [-0.39, 0.29) is 5.91 Å². The van der Waals surface area contributed by atoms with Gasteiger partial charge >= 0.3 is 0 Å². The monoisotopic (exact) mass is 359 g/mol. The van der Waals surface area contributed by atoms with E-state index in [4.69, 9.17) is 4.74 Å². The zero-order valence-corrected chi connectivity index (χ0v) is 15.2. The van der Waals surface area contributed by atoms with Gasteiger partial charge in [0.15, 0.2) is 0 Å². The van der Waals surface area contributed by atoms with Crippen LogP contribution in [0, 0.1) is 6.92 Å². The quantitative estimate of drug-likeness (QED) is 0.766. The molecule has 0 radical (unpaired) electrons. The van der Waals surface area contributed by atoms with Gasteiger partial charge in [-0.15, -0.1) is 11.3 Å². The third-order valence-electron chi connectivity index (χ3n) is 4.36. The van der Waals surface area contributed by atoms with Gasteiger partial charge in [-0.3, -0.25) is 9.59 Å². The molecule has 1 aliphatic heterocycles. The van der Waals surface area contributed by atoms with E-state index >= 15 is 0 Å². The first-order valence-electron chi connectivity index (χ1n) is 8.19. The largest absolute Gasteiger partial charge is 0.496 e. The zero-order chi connectivity index (χ0) is 17.8.